The molecule has 0 fully saturated rings. The van der Waals surface area contributed by atoms with E-state index in [9.17, 15) is 23.3 Å². The van der Waals surface area contributed by atoms with E-state index >= 15 is 0 Å². The topological polar surface area (TPSA) is 88.0 Å². The molecule has 1 aromatic carbocycles. The van der Waals surface area contributed by atoms with Crippen molar-refractivity contribution in [1.82, 2.24) is 19.9 Å². The van der Waals surface area contributed by atoms with Crippen molar-refractivity contribution in [2.45, 2.75) is 25.7 Å². The molecule has 0 spiro atoms. The van der Waals surface area contributed by atoms with Crippen molar-refractivity contribution in [3.63, 3.8) is 0 Å². The quantitative estimate of drug-likeness (QED) is 0.558. The molecule has 1 aliphatic rings. The maximum Gasteiger partial charge on any atom is 0.451 e. The number of aromatic nitrogens is 3. The van der Waals surface area contributed by atoms with Crippen LogP contribution < -0.4 is 0 Å². The van der Waals surface area contributed by atoms with Gasteiger partial charge in [0.15, 0.2) is 0 Å². The lowest BCUT2D eigenvalue weighted by molar-refractivity contribution is -0.383. The minimum Gasteiger partial charge on any atom is -0.361 e. The van der Waals surface area contributed by atoms with Crippen molar-refractivity contribution in [2.75, 3.05) is 6.54 Å². The second-order valence-corrected chi connectivity index (χ2v) is 6.39. The molecule has 1 N–H and O–H groups in total. The largest absolute Gasteiger partial charge is 0.451 e. The molecule has 1 aliphatic heterocycles. The predicted octanol–water partition coefficient (Wildman–Crippen LogP) is 3.44. The highest BCUT2D eigenvalue weighted by molar-refractivity contribution is 5.91. The summed E-state index contributed by atoms with van der Waals surface area (Å²) in [6, 6.07) is 4.79. The maximum absolute atomic E-state index is 12.8. The van der Waals surface area contributed by atoms with Crippen molar-refractivity contribution >= 4 is 16.6 Å². The van der Waals surface area contributed by atoms with Crippen LogP contribution >= 0.6 is 0 Å². The van der Waals surface area contributed by atoms with Gasteiger partial charge in [0.1, 0.15) is 0 Å². The molecule has 140 valence electrons. The Morgan fingerprint density at radius 3 is 2.89 bits per heavy atom. The van der Waals surface area contributed by atoms with Crippen LogP contribution in [0.1, 0.15) is 22.6 Å². The molecule has 0 saturated carbocycles. The van der Waals surface area contributed by atoms with Gasteiger partial charge in [0.05, 0.1) is 21.5 Å². The number of fused-ring (bicyclic) bond motifs is 2. The smallest absolute Gasteiger partial charge is 0.361 e. The van der Waals surface area contributed by atoms with Crippen LogP contribution in [-0.2, 0) is 25.7 Å². The summed E-state index contributed by atoms with van der Waals surface area (Å²) in [5.74, 6) is -1.15. The van der Waals surface area contributed by atoms with Crippen LogP contribution in [0.2, 0.25) is 0 Å². The van der Waals surface area contributed by atoms with Gasteiger partial charge in [0.25, 0.3) is 5.69 Å². The standard InChI is InChI=1S/C17H14F3N5O2/c18-17(19,20)16-22-6-10-4-5-24(9-13(10)23-16)8-11-7-21-12-2-1-3-14(15(11)12)25(26)27/h1-3,6-7,21H,4-5,8-9H2. The number of alkyl halides is 3. The molecule has 3 heterocycles. The van der Waals surface area contributed by atoms with Crippen LogP contribution in [0.25, 0.3) is 10.9 Å². The van der Waals surface area contributed by atoms with E-state index < -0.39 is 16.9 Å². The van der Waals surface area contributed by atoms with Crippen LogP contribution in [0.4, 0.5) is 18.9 Å². The van der Waals surface area contributed by atoms with E-state index in [2.05, 4.69) is 15.0 Å². The van der Waals surface area contributed by atoms with E-state index in [1.165, 1.54) is 12.3 Å². The predicted molar refractivity (Wildman–Crippen MR) is 89.8 cm³/mol. The summed E-state index contributed by atoms with van der Waals surface area (Å²) >= 11 is 0. The Morgan fingerprint density at radius 2 is 2.15 bits per heavy atom. The van der Waals surface area contributed by atoms with Crippen molar-refractivity contribution in [3.05, 3.63) is 63.4 Å². The van der Waals surface area contributed by atoms with E-state index in [-0.39, 0.29) is 12.2 Å². The number of aromatic amines is 1. The number of halogens is 3. The minimum atomic E-state index is -4.59. The van der Waals surface area contributed by atoms with E-state index in [0.29, 0.717) is 41.7 Å². The second-order valence-electron chi connectivity index (χ2n) is 6.39. The Bertz CT molecular complexity index is 1030. The number of non-ortho nitro benzene ring substituents is 1. The van der Waals surface area contributed by atoms with E-state index in [1.807, 2.05) is 4.90 Å². The number of rotatable bonds is 3. The molecule has 10 heteroatoms. The molecule has 3 aromatic rings. The van der Waals surface area contributed by atoms with Crippen LogP contribution in [0.3, 0.4) is 0 Å². The third-order valence-electron chi connectivity index (χ3n) is 4.63. The van der Waals surface area contributed by atoms with Gasteiger partial charge in [-0.05, 0) is 23.6 Å². The first-order valence-electron chi connectivity index (χ1n) is 8.20. The van der Waals surface area contributed by atoms with Gasteiger partial charge < -0.3 is 4.98 Å². The van der Waals surface area contributed by atoms with Crippen LogP contribution in [0.15, 0.2) is 30.6 Å². The fourth-order valence-corrected chi connectivity index (χ4v) is 3.38. The summed E-state index contributed by atoms with van der Waals surface area (Å²) in [6.07, 6.45) is -1.12. The first kappa shape index (κ1) is 17.4. The van der Waals surface area contributed by atoms with Gasteiger partial charge in [-0.15, -0.1) is 0 Å². The van der Waals surface area contributed by atoms with Crippen molar-refractivity contribution in [2.24, 2.45) is 0 Å². The number of hydrogen-bond donors (Lipinski definition) is 1. The number of nitro groups is 1. The molecular formula is C17H14F3N5O2. The molecule has 0 atom stereocenters. The zero-order valence-electron chi connectivity index (χ0n) is 14.0. The Hall–Kier alpha value is -3.01. The Morgan fingerprint density at radius 1 is 1.33 bits per heavy atom. The third kappa shape index (κ3) is 3.23. The normalized spacial score (nSPS) is 15.1. The number of H-pyrrole nitrogens is 1. The van der Waals surface area contributed by atoms with E-state index in [4.69, 9.17) is 0 Å². The van der Waals surface area contributed by atoms with Gasteiger partial charge in [0.2, 0.25) is 5.82 Å². The number of nitro benzene ring substituents is 1. The van der Waals surface area contributed by atoms with Gasteiger partial charge in [0, 0.05) is 38.1 Å². The SMILES string of the molecule is O=[N+]([O-])c1cccc2[nH]cc(CN3CCc4cnc(C(F)(F)F)nc4C3)c12. The summed E-state index contributed by atoms with van der Waals surface area (Å²) < 4.78 is 38.5. The average Bonchev–Trinajstić information content (AvgIpc) is 3.03. The van der Waals surface area contributed by atoms with Gasteiger partial charge >= 0.3 is 6.18 Å². The van der Waals surface area contributed by atoms with Gasteiger partial charge in [-0.1, -0.05) is 6.07 Å². The van der Waals surface area contributed by atoms with Gasteiger partial charge in [-0.3, -0.25) is 15.0 Å². The highest BCUT2D eigenvalue weighted by atomic mass is 19.4. The first-order chi connectivity index (χ1) is 12.8. The number of nitrogens with zero attached hydrogens (tertiary/aromatic N) is 4. The molecule has 0 amide bonds. The molecule has 0 unspecified atom stereocenters. The number of benzene rings is 1. The third-order valence-corrected chi connectivity index (χ3v) is 4.63. The van der Waals surface area contributed by atoms with Gasteiger partial charge in [-0.25, -0.2) is 9.97 Å². The lowest BCUT2D eigenvalue weighted by atomic mass is 10.1. The molecule has 7 nitrogen and oxygen atoms in total. The van der Waals surface area contributed by atoms with Crippen molar-refractivity contribution in [1.29, 1.82) is 0 Å². The minimum absolute atomic E-state index is 0.00263. The van der Waals surface area contributed by atoms with Crippen LogP contribution in [0.5, 0.6) is 0 Å². The molecule has 4 rings (SSSR count). The summed E-state index contributed by atoms with van der Waals surface area (Å²) in [7, 11) is 0. The highest BCUT2D eigenvalue weighted by Crippen LogP contribution is 2.31. The Labute approximate surface area is 151 Å². The van der Waals surface area contributed by atoms with Crippen LogP contribution in [0, 0.1) is 10.1 Å². The molecule has 0 saturated heterocycles. The summed E-state index contributed by atoms with van der Waals surface area (Å²) in [4.78, 5) is 22.9. The molecule has 0 radical (unpaired) electrons. The molecular weight excluding hydrogens is 363 g/mol. The van der Waals surface area contributed by atoms with Crippen LogP contribution in [-0.4, -0.2) is 31.3 Å². The summed E-state index contributed by atoms with van der Waals surface area (Å²) in [6.45, 7) is 1.21. The van der Waals surface area contributed by atoms with Crippen molar-refractivity contribution in [3.8, 4) is 0 Å². The Balaban J connectivity index is 1.62. The molecule has 2 aromatic heterocycles. The monoisotopic (exact) mass is 377 g/mol. The number of hydrogen-bond acceptors (Lipinski definition) is 5. The first-order valence-corrected chi connectivity index (χ1v) is 8.20. The zero-order chi connectivity index (χ0) is 19.2. The lowest BCUT2D eigenvalue weighted by Gasteiger charge is -2.27. The summed E-state index contributed by atoms with van der Waals surface area (Å²) in [5, 5.41) is 11.8. The molecule has 0 bridgehead atoms. The molecule has 0 aliphatic carbocycles. The highest BCUT2D eigenvalue weighted by Gasteiger charge is 2.35. The lowest BCUT2D eigenvalue weighted by Crippen LogP contribution is -2.31. The zero-order valence-corrected chi connectivity index (χ0v) is 14.0. The number of nitrogens with one attached hydrogen (secondary N) is 1. The second kappa shape index (κ2) is 6.31. The van der Waals surface area contributed by atoms with E-state index in [1.54, 1.807) is 18.3 Å². The Kier molecular flexibility index (Phi) is 4.06. The fourth-order valence-electron chi connectivity index (χ4n) is 3.38. The molecule has 27 heavy (non-hydrogen) atoms. The fraction of sp³-hybridized carbons (Fsp3) is 0.294. The average molecular weight is 377 g/mol. The van der Waals surface area contributed by atoms with Crippen molar-refractivity contribution < 1.29 is 18.1 Å². The van der Waals surface area contributed by atoms with E-state index in [0.717, 1.165) is 5.56 Å². The summed E-state index contributed by atoms with van der Waals surface area (Å²) in [5.41, 5.74) is 2.43. The maximum atomic E-state index is 12.8. The van der Waals surface area contributed by atoms with Gasteiger partial charge in [-0.2, -0.15) is 13.2 Å².